The Morgan fingerprint density at radius 1 is 1.13 bits per heavy atom. The lowest BCUT2D eigenvalue weighted by Gasteiger charge is -2.26. The SMILES string of the molecule is Cc1nc(N)ncc1-c1ccc(C(C)(c2noc(-c3cnn(C)c3)n2)C2CC2)cn1. The zero-order chi connectivity index (χ0) is 20.9. The maximum absolute atomic E-state index is 5.67. The third kappa shape index (κ3) is 3.02. The van der Waals surface area contributed by atoms with Gasteiger partial charge < -0.3 is 10.3 Å². The summed E-state index contributed by atoms with van der Waals surface area (Å²) in [5.41, 5.74) is 9.62. The Kier molecular flexibility index (Phi) is 4.12. The Morgan fingerprint density at radius 3 is 2.60 bits per heavy atom. The Bertz CT molecular complexity index is 1210. The zero-order valence-corrected chi connectivity index (χ0v) is 17.1. The van der Waals surface area contributed by atoms with Crippen molar-refractivity contribution in [3.63, 3.8) is 0 Å². The molecule has 4 aromatic rings. The summed E-state index contributed by atoms with van der Waals surface area (Å²) >= 11 is 0. The molecule has 2 N–H and O–H groups in total. The maximum atomic E-state index is 5.67. The van der Waals surface area contributed by atoms with Gasteiger partial charge in [0.1, 0.15) is 0 Å². The third-order valence-electron chi connectivity index (χ3n) is 5.87. The Morgan fingerprint density at radius 2 is 1.97 bits per heavy atom. The van der Waals surface area contributed by atoms with Crippen molar-refractivity contribution in [1.82, 2.24) is 34.9 Å². The second-order valence-electron chi connectivity index (χ2n) is 7.96. The minimum Gasteiger partial charge on any atom is -0.368 e. The molecule has 152 valence electrons. The van der Waals surface area contributed by atoms with Crippen LogP contribution in [0.25, 0.3) is 22.7 Å². The Balaban J connectivity index is 1.51. The maximum Gasteiger partial charge on any atom is 0.261 e. The van der Waals surface area contributed by atoms with Gasteiger partial charge in [-0.2, -0.15) is 10.1 Å². The quantitative estimate of drug-likeness (QED) is 0.541. The molecule has 1 aliphatic rings. The minimum atomic E-state index is -0.373. The number of anilines is 1. The summed E-state index contributed by atoms with van der Waals surface area (Å²) in [4.78, 5) is 17.7. The molecule has 9 heteroatoms. The van der Waals surface area contributed by atoms with Gasteiger partial charge in [0.05, 0.1) is 28.6 Å². The molecule has 4 aromatic heterocycles. The van der Waals surface area contributed by atoms with E-state index in [4.69, 9.17) is 15.2 Å². The van der Waals surface area contributed by atoms with Crippen LogP contribution in [-0.2, 0) is 12.5 Å². The van der Waals surface area contributed by atoms with Crippen LogP contribution in [0.1, 0.15) is 36.8 Å². The third-order valence-corrected chi connectivity index (χ3v) is 5.87. The van der Waals surface area contributed by atoms with Crippen molar-refractivity contribution in [3.05, 3.63) is 54.0 Å². The predicted octanol–water partition coefficient (Wildman–Crippen LogP) is 2.93. The minimum absolute atomic E-state index is 0.260. The van der Waals surface area contributed by atoms with Gasteiger partial charge in [-0.05, 0) is 44.2 Å². The molecule has 1 fully saturated rings. The molecule has 1 unspecified atom stereocenters. The molecule has 0 radical (unpaired) electrons. The number of nitrogens with two attached hydrogens (primary N) is 1. The van der Waals surface area contributed by atoms with E-state index in [0.717, 1.165) is 40.9 Å². The predicted molar refractivity (Wildman–Crippen MR) is 110 cm³/mol. The number of pyridine rings is 1. The van der Waals surface area contributed by atoms with E-state index < -0.39 is 0 Å². The van der Waals surface area contributed by atoms with Gasteiger partial charge >= 0.3 is 0 Å². The summed E-state index contributed by atoms with van der Waals surface area (Å²) < 4.78 is 7.28. The van der Waals surface area contributed by atoms with Gasteiger partial charge in [0.2, 0.25) is 5.95 Å². The molecular weight excluding hydrogens is 380 g/mol. The standard InChI is InChI=1S/C21H22N8O/c1-12-16(10-24-20(22)26-12)17-7-6-15(9-23-17)21(2,14-4-5-14)19-27-18(30-28-19)13-8-25-29(3)11-13/h6-11,14H,4-5H2,1-3H3,(H2,22,24,26). The van der Waals surface area contributed by atoms with Crippen LogP contribution >= 0.6 is 0 Å². The summed E-state index contributed by atoms with van der Waals surface area (Å²) in [6, 6.07) is 4.07. The van der Waals surface area contributed by atoms with Crippen molar-refractivity contribution >= 4 is 5.95 Å². The molecule has 1 atom stereocenters. The number of aromatic nitrogens is 7. The average molecular weight is 402 g/mol. The molecule has 5 rings (SSSR count). The molecule has 1 aliphatic carbocycles. The Labute approximate surface area is 173 Å². The lowest BCUT2D eigenvalue weighted by Crippen LogP contribution is -2.28. The fourth-order valence-electron chi connectivity index (χ4n) is 3.89. The molecule has 30 heavy (non-hydrogen) atoms. The number of nitrogen functional groups attached to an aromatic ring is 1. The van der Waals surface area contributed by atoms with Crippen LogP contribution in [0.5, 0.6) is 0 Å². The number of rotatable bonds is 5. The first-order valence-corrected chi connectivity index (χ1v) is 9.84. The second-order valence-corrected chi connectivity index (χ2v) is 7.96. The molecule has 4 heterocycles. The highest BCUT2D eigenvalue weighted by molar-refractivity contribution is 5.61. The molecule has 0 saturated heterocycles. The van der Waals surface area contributed by atoms with Crippen molar-refractivity contribution in [2.24, 2.45) is 13.0 Å². The second kappa shape index (κ2) is 6.72. The van der Waals surface area contributed by atoms with Gasteiger partial charge in [0.25, 0.3) is 5.89 Å². The summed E-state index contributed by atoms with van der Waals surface area (Å²) in [5, 5.41) is 8.51. The van der Waals surface area contributed by atoms with Crippen molar-refractivity contribution < 1.29 is 4.52 Å². The lowest BCUT2D eigenvalue weighted by atomic mass is 9.77. The largest absolute Gasteiger partial charge is 0.368 e. The molecule has 1 saturated carbocycles. The van der Waals surface area contributed by atoms with Crippen LogP contribution in [0, 0.1) is 12.8 Å². The van der Waals surface area contributed by atoms with E-state index >= 15 is 0 Å². The van der Waals surface area contributed by atoms with Crippen LogP contribution < -0.4 is 5.73 Å². The van der Waals surface area contributed by atoms with Crippen LogP contribution in [0.2, 0.25) is 0 Å². The Hall–Kier alpha value is -3.62. The summed E-state index contributed by atoms with van der Waals surface area (Å²) in [7, 11) is 1.86. The zero-order valence-electron chi connectivity index (χ0n) is 17.1. The highest BCUT2D eigenvalue weighted by Crippen LogP contribution is 2.50. The van der Waals surface area contributed by atoms with Crippen molar-refractivity contribution in [1.29, 1.82) is 0 Å². The number of aryl methyl sites for hydroxylation is 2. The molecular formula is C21H22N8O. The molecule has 0 amide bonds. The topological polar surface area (TPSA) is 121 Å². The van der Waals surface area contributed by atoms with Crippen LogP contribution in [0.15, 0.2) is 41.4 Å². The summed E-state index contributed by atoms with van der Waals surface area (Å²) in [6.45, 7) is 4.06. The average Bonchev–Trinajstić information content (AvgIpc) is 3.31. The molecule has 0 aliphatic heterocycles. The van der Waals surface area contributed by atoms with E-state index in [1.807, 2.05) is 32.4 Å². The van der Waals surface area contributed by atoms with Crippen molar-refractivity contribution in [2.45, 2.75) is 32.1 Å². The monoisotopic (exact) mass is 402 g/mol. The number of hydrogen-bond acceptors (Lipinski definition) is 8. The fraction of sp³-hybridized carbons (Fsp3) is 0.333. The smallest absolute Gasteiger partial charge is 0.261 e. The van der Waals surface area contributed by atoms with Crippen LogP contribution in [0.4, 0.5) is 5.95 Å². The first-order chi connectivity index (χ1) is 14.4. The highest BCUT2D eigenvalue weighted by atomic mass is 16.5. The van der Waals surface area contributed by atoms with Crippen LogP contribution in [0.3, 0.4) is 0 Å². The van der Waals surface area contributed by atoms with Gasteiger partial charge in [0.15, 0.2) is 5.82 Å². The van der Waals surface area contributed by atoms with E-state index in [9.17, 15) is 0 Å². The normalized spacial score (nSPS) is 15.8. The molecule has 0 spiro atoms. The summed E-state index contributed by atoms with van der Waals surface area (Å²) in [6.07, 6.45) is 9.43. The molecule has 0 bridgehead atoms. The van der Waals surface area contributed by atoms with Gasteiger partial charge in [-0.15, -0.1) is 0 Å². The van der Waals surface area contributed by atoms with E-state index in [2.05, 4.69) is 38.2 Å². The van der Waals surface area contributed by atoms with Gasteiger partial charge in [-0.3, -0.25) is 9.67 Å². The van der Waals surface area contributed by atoms with Crippen molar-refractivity contribution in [2.75, 3.05) is 5.73 Å². The summed E-state index contributed by atoms with van der Waals surface area (Å²) in [5.74, 6) is 1.86. The molecule has 9 nitrogen and oxygen atoms in total. The molecule has 0 aromatic carbocycles. The number of hydrogen-bond donors (Lipinski definition) is 1. The van der Waals surface area contributed by atoms with Crippen LogP contribution in [-0.4, -0.2) is 34.9 Å². The van der Waals surface area contributed by atoms with E-state index in [1.165, 1.54) is 0 Å². The van der Waals surface area contributed by atoms with Gasteiger partial charge in [-0.25, -0.2) is 9.97 Å². The van der Waals surface area contributed by atoms with Gasteiger partial charge in [0, 0.05) is 31.2 Å². The fourth-order valence-corrected chi connectivity index (χ4v) is 3.89. The van der Waals surface area contributed by atoms with E-state index in [1.54, 1.807) is 17.1 Å². The van der Waals surface area contributed by atoms with Crippen molar-refractivity contribution in [3.8, 4) is 22.7 Å². The first-order valence-electron chi connectivity index (χ1n) is 9.84. The van der Waals surface area contributed by atoms with E-state index in [-0.39, 0.29) is 11.4 Å². The first kappa shape index (κ1) is 18.4. The van der Waals surface area contributed by atoms with E-state index in [0.29, 0.717) is 17.6 Å². The van der Waals surface area contributed by atoms with Gasteiger partial charge in [-0.1, -0.05) is 11.2 Å². The number of nitrogens with zero attached hydrogens (tertiary/aromatic N) is 7. The lowest BCUT2D eigenvalue weighted by molar-refractivity contribution is 0.386. The highest BCUT2D eigenvalue weighted by Gasteiger charge is 2.47.